The number of benzene rings is 3. The van der Waals surface area contributed by atoms with Gasteiger partial charge in [-0.2, -0.15) is 5.26 Å². The van der Waals surface area contributed by atoms with E-state index in [1.165, 1.54) is 0 Å². The van der Waals surface area contributed by atoms with Crippen molar-refractivity contribution >= 4 is 5.91 Å². The minimum absolute atomic E-state index is 0.00239. The zero-order valence-corrected chi connectivity index (χ0v) is 18.5. The maximum absolute atomic E-state index is 13.1. The molecule has 2 fully saturated rings. The summed E-state index contributed by atoms with van der Waals surface area (Å²) in [7, 11) is 0. The molecule has 2 aliphatic rings. The number of rotatable bonds is 5. The highest BCUT2D eigenvalue weighted by molar-refractivity contribution is 5.98. The maximum Gasteiger partial charge on any atom is 0.253 e. The highest BCUT2D eigenvalue weighted by Crippen LogP contribution is 2.39. The largest absolute Gasteiger partial charge is 0.390 e. The summed E-state index contributed by atoms with van der Waals surface area (Å²) in [5.74, 6) is -0.00239. The molecule has 1 saturated carbocycles. The van der Waals surface area contributed by atoms with Crippen molar-refractivity contribution in [2.75, 3.05) is 13.1 Å². The first kappa shape index (κ1) is 21.4. The van der Waals surface area contributed by atoms with E-state index in [-0.39, 0.29) is 11.9 Å². The van der Waals surface area contributed by atoms with Crippen molar-refractivity contribution in [2.24, 2.45) is 5.73 Å². The van der Waals surface area contributed by atoms with E-state index in [1.807, 2.05) is 35.2 Å². The van der Waals surface area contributed by atoms with Crippen LogP contribution in [0.1, 0.15) is 40.7 Å². The predicted molar refractivity (Wildman–Crippen MR) is 128 cm³/mol. The normalized spacial score (nSPS) is 18.7. The number of amides is 1. The molecule has 1 heterocycles. The first-order chi connectivity index (χ1) is 15.9. The van der Waals surface area contributed by atoms with E-state index in [1.54, 1.807) is 12.1 Å². The van der Waals surface area contributed by atoms with Gasteiger partial charge in [0.1, 0.15) is 0 Å². The van der Waals surface area contributed by atoms with E-state index in [4.69, 9.17) is 5.73 Å². The molecule has 3 N–H and O–H groups in total. The number of carbonyl (C=O) groups is 1. The average Bonchev–Trinajstić information content (AvgIpc) is 3.40. The molecule has 3 aromatic carbocycles. The van der Waals surface area contributed by atoms with Gasteiger partial charge in [-0.05, 0) is 71.3 Å². The smallest absolute Gasteiger partial charge is 0.253 e. The molecule has 5 heteroatoms. The number of aliphatic hydroxyl groups is 1. The molecular weight excluding hydrogens is 410 g/mol. The van der Waals surface area contributed by atoms with Crippen molar-refractivity contribution in [2.45, 2.75) is 37.3 Å². The topological polar surface area (TPSA) is 90.4 Å². The molecule has 1 amide bonds. The number of nitrogens with zero attached hydrogens (tertiary/aromatic N) is 2. The monoisotopic (exact) mass is 437 g/mol. The molecule has 33 heavy (non-hydrogen) atoms. The first-order valence-corrected chi connectivity index (χ1v) is 11.5. The van der Waals surface area contributed by atoms with Crippen LogP contribution in [0.5, 0.6) is 0 Å². The van der Waals surface area contributed by atoms with Gasteiger partial charge in [-0.25, -0.2) is 0 Å². The van der Waals surface area contributed by atoms with Crippen molar-refractivity contribution in [1.82, 2.24) is 4.90 Å². The van der Waals surface area contributed by atoms with Gasteiger partial charge in [0, 0.05) is 31.1 Å². The van der Waals surface area contributed by atoms with Gasteiger partial charge < -0.3 is 15.7 Å². The zero-order chi connectivity index (χ0) is 23.0. The molecule has 0 spiro atoms. The number of nitrogens with two attached hydrogens (primary N) is 1. The highest BCUT2D eigenvalue weighted by atomic mass is 16.3. The van der Waals surface area contributed by atoms with E-state index in [9.17, 15) is 15.2 Å². The quantitative estimate of drug-likeness (QED) is 0.628. The molecule has 166 valence electrons. The van der Waals surface area contributed by atoms with Crippen LogP contribution >= 0.6 is 0 Å². The van der Waals surface area contributed by atoms with Gasteiger partial charge in [0.2, 0.25) is 0 Å². The SMILES string of the molecule is N#Cc1ccc(-c2cc(C(=O)N3CC[C@H](N)C3)ccc2-c2ccc(CC3(O)CC3)cc2)cc1. The Kier molecular flexibility index (Phi) is 5.49. The van der Waals surface area contributed by atoms with E-state index < -0.39 is 5.60 Å². The summed E-state index contributed by atoms with van der Waals surface area (Å²) in [4.78, 5) is 14.9. The lowest BCUT2D eigenvalue weighted by Crippen LogP contribution is -2.31. The van der Waals surface area contributed by atoms with Crippen LogP contribution < -0.4 is 5.73 Å². The number of carbonyl (C=O) groups excluding carboxylic acids is 1. The number of likely N-dealkylation sites (tertiary alicyclic amines) is 1. The number of nitriles is 1. The summed E-state index contributed by atoms with van der Waals surface area (Å²) in [5, 5.41) is 19.4. The van der Waals surface area contributed by atoms with Crippen molar-refractivity contribution in [3.05, 3.63) is 83.4 Å². The second kappa shape index (κ2) is 8.47. The predicted octanol–water partition coefficient (Wildman–Crippen LogP) is 4.13. The third kappa shape index (κ3) is 4.54. The van der Waals surface area contributed by atoms with Crippen LogP contribution in [-0.2, 0) is 6.42 Å². The second-order valence-corrected chi connectivity index (χ2v) is 9.35. The highest BCUT2D eigenvalue weighted by Gasteiger charge is 2.40. The van der Waals surface area contributed by atoms with Gasteiger partial charge >= 0.3 is 0 Å². The minimum Gasteiger partial charge on any atom is -0.390 e. The summed E-state index contributed by atoms with van der Waals surface area (Å²) in [6.07, 6.45) is 3.25. The number of hydrogen-bond donors (Lipinski definition) is 2. The van der Waals surface area contributed by atoms with Gasteiger partial charge in [0.05, 0.1) is 17.2 Å². The standard InChI is InChI=1S/C28H27N3O2/c29-17-20-3-7-22(8-4-20)26-15-23(27(32)31-14-11-24(30)18-31)9-10-25(26)21-5-1-19(2-6-21)16-28(33)12-13-28/h1-10,15,24,33H,11-14,16,18,30H2/t24-/m0/s1. The Bertz CT molecular complexity index is 1220. The number of hydrogen-bond acceptors (Lipinski definition) is 4. The Morgan fingerprint density at radius 2 is 1.70 bits per heavy atom. The van der Waals surface area contributed by atoms with Crippen molar-refractivity contribution in [1.29, 1.82) is 5.26 Å². The van der Waals surface area contributed by atoms with Gasteiger partial charge in [0.25, 0.3) is 5.91 Å². The van der Waals surface area contributed by atoms with Crippen LogP contribution in [-0.4, -0.2) is 40.6 Å². The van der Waals surface area contributed by atoms with E-state index >= 15 is 0 Å². The van der Waals surface area contributed by atoms with Crippen LogP contribution in [0.2, 0.25) is 0 Å². The summed E-state index contributed by atoms with van der Waals surface area (Å²) < 4.78 is 0. The Morgan fingerprint density at radius 3 is 2.30 bits per heavy atom. The second-order valence-electron chi connectivity index (χ2n) is 9.35. The molecular formula is C28H27N3O2. The lowest BCUT2D eigenvalue weighted by atomic mass is 9.91. The Morgan fingerprint density at radius 1 is 1.03 bits per heavy atom. The van der Waals surface area contributed by atoms with Gasteiger partial charge in [-0.15, -0.1) is 0 Å². The summed E-state index contributed by atoms with van der Waals surface area (Å²) in [6, 6.07) is 23.8. The summed E-state index contributed by atoms with van der Waals surface area (Å²) in [6.45, 7) is 1.27. The van der Waals surface area contributed by atoms with Crippen LogP contribution in [0.25, 0.3) is 22.3 Å². The fourth-order valence-corrected chi connectivity index (χ4v) is 4.55. The zero-order valence-electron chi connectivity index (χ0n) is 18.5. The molecule has 0 aromatic heterocycles. The van der Waals surface area contributed by atoms with Gasteiger partial charge in [-0.3, -0.25) is 4.79 Å². The van der Waals surface area contributed by atoms with Gasteiger partial charge in [-0.1, -0.05) is 42.5 Å². The molecule has 5 nitrogen and oxygen atoms in total. The minimum atomic E-state index is -0.519. The van der Waals surface area contributed by atoms with Crippen molar-refractivity contribution in [3.63, 3.8) is 0 Å². The van der Waals surface area contributed by atoms with Crippen LogP contribution in [0.4, 0.5) is 0 Å². The van der Waals surface area contributed by atoms with Crippen molar-refractivity contribution in [3.8, 4) is 28.3 Å². The third-order valence-corrected chi connectivity index (χ3v) is 6.73. The lowest BCUT2D eigenvalue weighted by Gasteiger charge is -2.18. The molecule has 0 radical (unpaired) electrons. The fraction of sp³-hybridized carbons (Fsp3) is 0.286. The van der Waals surface area contributed by atoms with Crippen LogP contribution in [0.3, 0.4) is 0 Å². The average molecular weight is 438 g/mol. The van der Waals surface area contributed by atoms with Crippen molar-refractivity contribution < 1.29 is 9.90 Å². The van der Waals surface area contributed by atoms with E-state index in [2.05, 4.69) is 30.3 Å². The Labute approximate surface area is 194 Å². The fourth-order valence-electron chi connectivity index (χ4n) is 4.55. The third-order valence-electron chi connectivity index (χ3n) is 6.73. The molecule has 1 atom stereocenters. The summed E-state index contributed by atoms with van der Waals surface area (Å²) >= 11 is 0. The molecule has 1 saturated heterocycles. The molecule has 0 unspecified atom stereocenters. The Balaban J connectivity index is 1.52. The maximum atomic E-state index is 13.1. The lowest BCUT2D eigenvalue weighted by molar-refractivity contribution is 0.0791. The molecule has 1 aliphatic heterocycles. The summed E-state index contributed by atoms with van der Waals surface area (Å²) in [5.41, 5.74) is 11.8. The van der Waals surface area contributed by atoms with Crippen LogP contribution in [0.15, 0.2) is 66.7 Å². The van der Waals surface area contributed by atoms with Crippen LogP contribution in [0, 0.1) is 11.3 Å². The molecule has 1 aliphatic carbocycles. The molecule has 3 aromatic rings. The Hall–Kier alpha value is -3.46. The molecule has 5 rings (SSSR count). The molecule has 0 bridgehead atoms. The van der Waals surface area contributed by atoms with E-state index in [0.29, 0.717) is 30.6 Å². The first-order valence-electron chi connectivity index (χ1n) is 11.5. The van der Waals surface area contributed by atoms with E-state index in [0.717, 1.165) is 47.1 Å². The van der Waals surface area contributed by atoms with Gasteiger partial charge in [0.15, 0.2) is 0 Å².